The normalized spacial score (nSPS) is 16.2. The van der Waals surface area contributed by atoms with Crippen LogP contribution in [0.4, 0.5) is 0 Å². The first kappa shape index (κ1) is 25.0. The van der Waals surface area contributed by atoms with Crippen LogP contribution in [0.5, 0.6) is 5.75 Å². The van der Waals surface area contributed by atoms with Crippen LogP contribution >= 0.6 is 0 Å². The predicted molar refractivity (Wildman–Crippen MR) is 146 cm³/mol. The minimum atomic E-state index is -0.391. The van der Waals surface area contributed by atoms with Crippen molar-refractivity contribution in [3.63, 3.8) is 0 Å². The summed E-state index contributed by atoms with van der Waals surface area (Å²) in [6.45, 7) is 5.00. The van der Waals surface area contributed by atoms with Gasteiger partial charge in [0.1, 0.15) is 11.6 Å². The van der Waals surface area contributed by atoms with Crippen LogP contribution in [-0.4, -0.2) is 36.5 Å². The first-order chi connectivity index (χ1) is 18.1. The van der Waals surface area contributed by atoms with Crippen LogP contribution in [0.1, 0.15) is 85.1 Å². The topological polar surface area (TPSA) is 78.0 Å². The molecule has 0 saturated carbocycles. The lowest BCUT2D eigenvalue weighted by Gasteiger charge is -2.23. The SMILES string of the molecule is CCCCC(O)c1ccc([C@H]2CCCn3nc(C=Cc4ccc(-n5cnc(C)c5)c(OC)c4)nc32)cc1. The number of benzene rings is 2. The molecule has 0 spiro atoms. The molecule has 1 aliphatic rings. The van der Waals surface area contributed by atoms with Gasteiger partial charge in [-0.1, -0.05) is 56.2 Å². The largest absolute Gasteiger partial charge is 0.495 e. The Labute approximate surface area is 218 Å². The lowest BCUT2D eigenvalue weighted by Crippen LogP contribution is -2.18. The molecule has 2 aromatic carbocycles. The second-order valence-electron chi connectivity index (χ2n) is 9.76. The minimum Gasteiger partial charge on any atom is -0.495 e. The van der Waals surface area contributed by atoms with Crippen LogP contribution in [0.3, 0.4) is 0 Å². The molecule has 4 aromatic rings. The Balaban J connectivity index is 1.34. The number of hydrogen-bond donors (Lipinski definition) is 1. The zero-order chi connectivity index (χ0) is 25.8. The number of rotatable bonds is 9. The van der Waals surface area contributed by atoms with Gasteiger partial charge in [-0.25, -0.2) is 14.6 Å². The number of imidazole rings is 1. The maximum Gasteiger partial charge on any atom is 0.174 e. The number of aliphatic hydroxyl groups excluding tert-OH is 1. The van der Waals surface area contributed by atoms with E-state index in [4.69, 9.17) is 14.8 Å². The molecule has 0 saturated heterocycles. The summed E-state index contributed by atoms with van der Waals surface area (Å²) in [7, 11) is 1.68. The van der Waals surface area contributed by atoms with Crippen molar-refractivity contribution in [2.75, 3.05) is 7.11 Å². The van der Waals surface area contributed by atoms with Gasteiger partial charge in [0.15, 0.2) is 5.82 Å². The van der Waals surface area contributed by atoms with Crippen LogP contribution in [0.2, 0.25) is 0 Å². The first-order valence-electron chi connectivity index (χ1n) is 13.2. The number of methoxy groups -OCH3 is 1. The molecule has 1 aliphatic heterocycles. The van der Waals surface area contributed by atoms with Crippen molar-refractivity contribution in [2.24, 2.45) is 0 Å². The first-order valence-corrected chi connectivity index (χ1v) is 13.2. The van der Waals surface area contributed by atoms with E-state index in [-0.39, 0.29) is 5.92 Å². The molecule has 7 nitrogen and oxygen atoms in total. The number of unbranched alkanes of at least 4 members (excludes halogenated alkanes) is 1. The molecule has 0 bridgehead atoms. The van der Waals surface area contributed by atoms with Crippen molar-refractivity contribution in [3.8, 4) is 11.4 Å². The third kappa shape index (κ3) is 5.52. The number of aliphatic hydroxyl groups is 1. The quantitative estimate of drug-likeness (QED) is 0.302. The van der Waals surface area contributed by atoms with Crippen molar-refractivity contribution in [2.45, 2.75) is 64.5 Å². The lowest BCUT2D eigenvalue weighted by atomic mass is 9.90. The summed E-state index contributed by atoms with van der Waals surface area (Å²) in [5.74, 6) is 2.71. The summed E-state index contributed by atoms with van der Waals surface area (Å²) in [6.07, 6.45) is 12.4. The molecule has 3 heterocycles. The zero-order valence-corrected chi connectivity index (χ0v) is 21.8. The molecular weight excluding hydrogens is 462 g/mol. The van der Waals surface area contributed by atoms with Crippen LogP contribution in [0.15, 0.2) is 55.0 Å². The molecule has 7 heteroatoms. The van der Waals surface area contributed by atoms with Gasteiger partial charge in [0.25, 0.3) is 0 Å². The number of ether oxygens (including phenoxy) is 1. The summed E-state index contributed by atoms with van der Waals surface area (Å²) < 4.78 is 9.65. The van der Waals surface area contributed by atoms with Crippen molar-refractivity contribution < 1.29 is 9.84 Å². The molecule has 37 heavy (non-hydrogen) atoms. The predicted octanol–water partition coefficient (Wildman–Crippen LogP) is 6.10. The zero-order valence-electron chi connectivity index (χ0n) is 21.8. The third-order valence-corrected chi connectivity index (χ3v) is 7.06. The fourth-order valence-corrected chi connectivity index (χ4v) is 5.00. The number of hydrogen-bond acceptors (Lipinski definition) is 5. The van der Waals surface area contributed by atoms with E-state index in [0.29, 0.717) is 5.82 Å². The van der Waals surface area contributed by atoms with Gasteiger partial charge in [-0.15, -0.1) is 0 Å². The van der Waals surface area contributed by atoms with E-state index >= 15 is 0 Å². The van der Waals surface area contributed by atoms with Gasteiger partial charge in [0.05, 0.1) is 30.9 Å². The summed E-state index contributed by atoms with van der Waals surface area (Å²) in [6, 6.07) is 14.5. The second kappa shape index (κ2) is 11.1. The molecule has 0 aliphatic carbocycles. The highest BCUT2D eigenvalue weighted by molar-refractivity contribution is 5.69. The van der Waals surface area contributed by atoms with E-state index in [2.05, 4.69) is 42.2 Å². The van der Waals surface area contributed by atoms with Crippen LogP contribution in [0, 0.1) is 6.92 Å². The van der Waals surface area contributed by atoms with Gasteiger partial charge in [-0.2, -0.15) is 5.10 Å². The fraction of sp³-hybridized carbons (Fsp3) is 0.367. The van der Waals surface area contributed by atoms with Crippen LogP contribution < -0.4 is 4.74 Å². The van der Waals surface area contributed by atoms with Crippen LogP contribution in [-0.2, 0) is 6.54 Å². The smallest absolute Gasteiger partial charge is 0.174 e. The van der Waals surface area contributed by atoms with Crippen molar-refractivity contribution >= 4 is 12.2 Å². The van der Waals surface area contributed by atoms with E-state index < -0.39 is 6.10 Å². The minimum absolute atomic E-state index is 0.211. The van der Waals surface area contributed by atoms with Gasteiger partial charge in [-0.3, -0.25) is 0 Å². The molecule has 0 amide bonds. The fourth-order valence-electron chi connectivity index (χ4n) is 5.00. The highest BCUT2D eigenvalue weighted by atomic mass is 16.5. The van der Waals surface area contributed by atoms with E-state index in [0.717, 1.165) is 72.7 Å². The van der Waals surface area contributed by atoms with Gasteiger partial charge < -0.3 is 14.4 Å². The Morgan fingerprint density at radius 2 is 2.00 bits per heavy atom. The van der Waals surface area contributed by atoms with E-state index in [9.17, 15) is 5.11 Å². The van der Waals surface area contributed by atoms with Gasteiger partial charge in [0, 0.05) is 18.7 Å². The average Bonchev–Trinajstić information content (AvgIpc) is 3.56. The Bertz CT molecular complexity index is 1370. The number of nitrogens with zero attached hydrogens (tertiary/aromatic N) is 5. The Morgan fingerprint density at radius 1 is 1.16 bits per heavy atom. The van der Waals surface area contributed by atoms with Crippen molar-refractivity contribution in [3.05, 3.63) is 89.0 Å². The standard InChI is InChI=1S/C30H35N5O2/c1-4-5-8-27(36)24-13-11-23(12-14-24)25-7-6-17-35-30(25)32-29(33-35)16-10-22-9-15-26(28(18-22)37-3)34-19-21(2)31-20-34/h9-16,18-20,25,27,36H,4-8,17H2,1-3H3/t25-,27?/m1/s1. The molecule has 1 N–H and O–H groups in total. The van der Waals surface area contributed by atoms with E-state index in [1.807, 2.05) is 46.7 Å². The van der Waals surface area contributed by atoms with E-state index in [1.165, 1.54) is 5.56 Å². The van der Waals surface area contributed by atoms with Crippen LogP contribution in [0.25, 0.3) is 17.8 Å². The summed E-state index contributed by atoms with van der Waals surface area (Å²) >= 11 is 0. The summed E-state index contributed by atoms with van der Waals surface area (Å²) in [5, 5.41) is 15.2. The molecule has 192 valence electrons. The van der Waals surface area contributed by atoms with Gasteiger partial charge >= 0.3 is 0 Å². The molecule has 1 unspecified atom stereocenters. The molecule has 2 atom stereocenters. The molecule has 0 radical (unpaired) electrons. The molecule has 5 rings (SSSR count). The number of aryl methyl sites for hydroxylation is 2. The number of fused-ring (bicyclic) bond motifs is 1. The Morgan fingerprint density at radius 3 is 2.73 bits per heavy atom. The summed E-state index contributed by atoms with van der Waals surface area (Å²) in [4.78, 5) is 9.22. The second-order valence-corrected chi connectivity index (χ2v) is 9.76. The molecule has 2 aromatic heterocycles. The molecule has 0 fully saturated rings. The maximum atomic E-state index is 10.4. The average molecular weight is 498 g/mol. The van der Waals surface area contributed by atoms with Gasteiger partial charge in [-0.05, 0) is 61.1 Å². The third-order valence-electron chi connectivity index (χ3n) is 7.06. The Hall–Kier alpha value is -3.71. The Kier molecular flexibility index (Phi) is 7.51. The number of aromatic nitrogens is 5. The summed E-state index contributed by atoms with van der Waals surface area (Å²) in [5.41, 5.74) is 5.13. The highest BCUT2D eigenvalue weighted by Crippen LogP contribution is 2.33. The lowest BCUT2D eigenvalue weighted by molar-refractivity contribution is 0.164. The molecular formula is C30H35N5O2. The van der Waals surface area contributed by atoms with Crippen molar-refractivity contribution in [1.82, 2.24) is 24.3 Å². The maximum absolute atomic E-state index is 10.4. The van der Waals surface area contributed by atoms with Gasteiger partial charge in [0.2, 0.25) is 0 Å². The van der Waals surface area contributed by atoms with Crippen molar-refractivity contribution in [1.29, 1.82) is 0 Å². The highest BCUT2D eigenvalue weighted by Gasteiger charge is 2.25. The monoisotopic (exact) mass is 497 g/mol. The van der Waals surface area contributed by atoms with E-state index in [1.54, 1.807) is 13.4 Å².